The van der Waals surface area contributed by atoms with Crippen LogP contribution in [0.15, 0.2) is 48.5 Å². The van der Waals surface area contributed by atoms with Crippen LogP contribution in [-0.4, -0.2) is 29.7 Å². The number of rotatable bonds is 8. The zero-order valence-electron chi connectivity index (χ0n) is 16.0. The minimum absolute atomic E-state index is 0.0709. The molecule has 0 aliphatic rings. The zero-order chi connectivity index (χ0) is 19.9. The number of nitrogens with one attached hydrogen (secondary N) is 2. The first kappa shape index (κ1) is 21.2. The van der Waals surface area contributed by atoms with Crippen molar-refractivity contribution in [3.8, 4) is 5.75 Å². The van der Waals surface area contributed by atoms with E-state index in [1.807, 2.05) is 51.1 Å². The highest BCUT2D eigenvalue weighted by atomic mass is 35.5. The molecule has 0 aromatic heterocycles. The Labute approximate surface area is 165 Å². The van der Waals surface area contributed by atoms with Crippen molar-refractivity contribution in [1.82, 2.24) is 10.6 Å². The molecule has 0 saturated carbocycles. The zero-order valence-corrected chi connectivity index (χ0v) is 16.7. The Morgan fingerprint density at radius 1 is 1.19 bits per heavy atom. The van der Waals surface area contributed by atoms with E-state index in [4.69, 9.17) is 16.3 Å². The van der Waals surface area contributed by atoms with Gasteiger partial charge in [-0.15, -0.1) is 0 Å². The number of aliphatic hydroxyl groups excluding tert-OH is 1. The van der Waals surface area contributed by atoms with Gasteiger partial charge in [-0.1, -0.05) is 41.9 Å². The molecule has 1 unspecified atom stereocenters. The average Bonchev–Trinajstić information content (AvgIpc) is 2.60. The molecule has 0 bridgehead atoms. The van der Waals surface area contributed by atoms with Crippen LogP contribution in [0.5, 0.6) is 5.75 Å². The molecule has 27 heavy (non-hydrogen) atoms. The van der Waals surface area contributed by atoms with Crippen molar-refractivity contribution in [3.05, 3.63) is 64.7 Å². The topological polar surface area (TPSA) is 70.6 Å². The number of hydrogen-bond acceptors (Lipinski definition) is 4. The lowest BCUT2D eigenvalue weighted by Gasteiger charge is -2.21. The van der Waals surface area contributed by atoms with Gasteiger partial charge in [-0.3, -0.25) is 4.79 Å². The minimum Gasteiger partial charge on any atom is -0.483 e. The predicted octanol–water partition coefficient (Wildman–Crippen LogP) is 3.46. The van der Waals surface area contributed by atoms with Crippen molar-refractivity contribution in [1.29, 1.82) is 0 Å². The predicted molar refractivity (Wildman–Crippen MR) is 108 cm³/mol. The molecule has 0 spiro atoms. The van der Waals surface area contributed by atoms with Crippen LogP contribution in [0.25, 0.3) is 0 Å². The number of carbonyl (C=O) groups excluding carboxylic acids is 1. The third kappa shape index (κ3) is 7.59. The normalized spacial score (nSPS) is 12.5. The lowest BCUT2D eigenvalue weighted by Crippen LogP contribution is -2.43. The first-order chi connectivity index (χ1) is 12.7. The maximum Gasteiger partial charge on any atom is 0.258 e. The molecule has 0 saturated heterocycles. The van der Waals surface area contributed by atoms with Crippen LogP contribution in [0.4, 0.5) is 0 Å². The molecule has 2 aromatic carbocycles. The summed E-state index contributed by atoms with van der Waals surface area (Å²) >= 11 is 6.09. The molecular formula is C21H27ClN2O3. The molecule has 5 nitrogen and oxygen atoms in total. The highest BCUT2D eigenvalue weighted by Gasteiger charge is 2.15. The molecule has 0 fully saturated rings. The Morgan fingerprint density at radius 3 is 2.56 bits per heavy atom. The molecule has 0 heterocycles. The van der Waals surface area contributed by atoms with Gasteiger partial charge in [0.1, 0.15) is 5.75 Å². The Hall–Kier alpha value is -2.08. The SMILES string of the molecule is CC(C)(C)NC(=O)COc1ccc(Cl)cc1CNCC(O)c1ccccc1. The number of ether oxygens (including phenoxy) is 1. The van der Waals surface area contributed by atoms with E-state index in [1.165, 1.54) is 0 Å². The molecule has 2 aromatic rings. The molecule has 3 N–H and O–H groups in total. The fraction of sp³-hybridized carbons (Fsp3) is 0.381. The molecule has 0 radical (unpaired) electrons. The first-order valence-electron chi connectivity index (χ1n) is 8.90. The monoisotopic (exact) mass is 390 g/mol. The number of benzene rings is 2. The van der Waals surface area contributed by atoms with Gasteiger partial charge in [0.2, 0.25) is 0 Å². The summed E-state index contributed by atoms with van der Waals surface area (Å²) < 4.78 is 5.67. The quantitative estimate of drug-likeness (QED) is 0.645. The van der Waals surface area contributed by atoms with Gasteiger partial charge in [0.05, 0.1) is 6.10 Å². The van der Waals surface area contributed by atoms with Crippen LogP contribution < -0.4 is 15.4 Å². The summed E-state index contributed by atoms with van der Waals surface area (Å²) in [7, 11) is 0. The molecule has 2 rings (SSSR count). The summed E-state index contributed by atoms with van der Waals surface area (Å²) in [6.07, 6.45) is -0.604. The van der Waals surface area contributed by atoms with Crippen molar-refractivity contribution >= 4 is 17.5 Å². The van der Waals surface area contributed by atoms with E-state index in [0.717, 1.165) is 11.1 Å². The molecule has 0 aliphatic heterocycles. The third-order valence-corrected chi connectivity index (χ3v) is 3.97. The largest absolute Gasteiger partial charge is 0.483 e. The highest BCUT2D eigenvalue weighted by molar-refractivity contribution is 6.30. The third-order valence-electron chi connectivity index (χ3n) is 3.73. The van der Waals surface area contributed by atoms with Crippen molar-refractivity contribution in [2.24, 2.45) is 0 Å². The van der Waals surface area contributed by atoms with Gasteiger partial charge in [0, 0.05) is 29.2 Å². The number of aliphatic hydroxyl groups is 1. The summed E-state index contributed by atoms with van der Waals surface area (Å²) in [4.78, 5) is 12.0. The fourth-order valence-corrected chi connectivity index (χ4v) is 2.76. The summed E-state index contributed by atoms with van der Waals surface area (Å²) in [6, 6.07) is 14.7. The van der Waals surface area contributed by atoms with Gasteiger partial charge in [-0.2, -0.15) is 0 Å². The molecule has 6 heteroatoms. The van der Waals surface area contributed by atoms with Crippen molar-refractivity contribution in [2.45, 2.75) is 39.0 Å². The van der Waals surface area contributed by atoms with Gasteiger partial charge in [-0.05, 0) is 44.5 Å². The van der Waals surface area contributed by atoms with Crippen LogP contribution in [0.1, 0.15) is 38.0 Å². The summed E-state index contributed by atoms with van der Waals surface area (Å²) in [6.45, 7) is 6.53. The van der Waals surface area contributed by atoms with E-state index >= 15 is 0 Å². The van der Waals surface area contributed by atoms with Crippen LogP contribution >= 0.6 is 11.6 Å². The van der Waals surface area contributed by atoms with Crippen LogP contribution in [-0.2, 0) is 11.3 Å². The lowest BCUT2D eigenvalue weighted by atomic mass is 10.1. The van der Waals surface area contributed by atoms with E-state index in [1.54, 1.807) is 18.2 Å². The highest BCUT2D eigenvalue weighted by Crippen LogP contribution is 2.23. The van der Waals surface area contributed by atoms with Gasteiger partial charge in [0.15, 0.2) is 6.61 Å². The van der Waals surface area contributed by atoms with E-state index in [2.05, 4.69) is 10.6 Å². The van der Waals surface area contributed by atoms with Crippen molar-refractivity contribution in [2.75, 3.05) is 13.2 Å². The standard InChI is InChI=1S/C21H27ClN2O3/c1-21(2,3)24-20(26)14-27-19-10-9-17(22)11-16(19)12-23-13-18(25)15-7-5-4-6-8-15/h4-11,18,23,25H,12-14H2,1-3H3,(H,24,26). The Bertz CT molecular complexity index is 745. The molecule has 1 amide bonds. The number of halogens is 1. The number of amides is 1. The molecule has 146 valence electrons. The summed E-state index contributed by atoms with van der Waals surface area (Å²) in [5, 5.41) is 16.9. The number of hydrogen-bond donors (Lipinski definition) is 3. The molecule has 1 atom stereocenters. The Balaban J connectivity index is 1.92. The van der Waals surface area contributed by atoms with E-state index in [0.29, 0.717) is 23.9 Å². The Morgan fingerprint density at radius 2 is 1.89 bits per heavy atom. The van der Waals surface area contributed by atoms with Crippen LogP contribution in [0.2, 0.25) is 5.02 Å². The van der Waals surface area contributed by atoms with E-state index in [9.17, 15) is 9.90 Å². The Kier molecular flexibility index (Phi) is 7.66. The minimum atomic E-state index is -0.604. The van der Waals surface area contributed by atoms with Gasteiger partial charge >= 0.3 is 0 Å². The summed E-state index contributed by atoms with van der Waals surface area (Å²) in [5.41, 5.74) is 1.37. The van der Waals surface area contributed by atoms with Crippen molar-refractivity contribution in [3.63, 3.8) is 0 Å². The average molecular weight is 391 g/mol. The maximum absolute atomic E-state index is 12.0. The maximum atomic E-state index is 12.0. The van der Waals surface area contributed by atoms with E-state index in [-0.39, 0.29) is 18.1 Å². The fourth-order valence-electron chi connectivity index (χ4n) is 2.56. The van der Waals surface area contributed by atoms with Gasteiger partial charge in [0.25, 0.3) is 5.91 Å². The second kappa shape index (κ2) is 9.74. The summed E-state index contributed by atoms with van der Waals surface area (Å²) in [5.74, 6) is 0.404. The van der Waals surface area contributed by atoms with Crippen molar-refractivity contribution < 1.29 is 14.6 Å². The lowest BCUT2D eigenvalue weighted by molar-refractivity contribution is -0.124. The second-order valence-corrected chi connectivity index (χ2v) is 7.83. The molecular weight excluding hydrogens is 364 g/mol. The second-order valence-electron chi connectivity index (χ2n) is 7.40. The first-order valence-corrected chi connectivity index (χ1v) is 9.28. The van der Waals surface area contributed by atoms with Crippen LogP contribution in [0, 0.1) is 0 Å². The smallest absolute Gasteiger partial charge is 0.258 e. The van der Waals surface area contributed by atoms with Crippen LogP contribution in [0.3, 0.4) is 0 Å². The molecule has 0 aliphatic carbocycles. The van der Waals surface area contributed by atoms with Gasteiger partial charge < -0.3 is 20.5 Å². The van der Waals surface area contributed by atoms with Gasteiger partial charge in [-0.25, -0.2) is 0 Å². The number of carbonyl (C=O) groups is 1. The van der Waals surface area contributed by atoms with E-state index < -0.39 is 6.10 Å².